The van der Waals surface area contributed by atoms with Crippen molar-refractivity contribution in [2.45, 2.75) is 19.3 Å². The van der Waals surface area contributed by atoms with Crippen molar-refractivity contribution in [3.8, 4) is 23.0 Å². The number of carbonyl (C=O) groups excluding carboxylic acids is 1. The first-order valence-electron chi connectivity index (χ1n) is 10.7. The van der Waals surface area contributed by atoms with Gasteiger partial charge in [-0.25, -0.2) is 9.78 Å². The van der Waals surface area contributed by atoms with Crippen molar-refractivity contribution in [1.29, 1.82) is 0 Å². The molecule has 0 unspecified atom stereocenters. The lowest BCUT2D eigenvalue weighted by atomic mass is 9.87. The van der Waals surface area contributed by atoms with Gasteiger partial charge in [-0.15, -0.1) is 0 Å². The summed E-state index contributed by atoms with van der Waals surface area (Å²) < 4.78 is 21.7. The second-order valence-electron chi connectivity index (χ2n) is 7.81. The van der Waals surface area contributed by atoms with Crippen molar-refractivity contribution in [3.05, 3.63) is 70.0 Å². The summed E-state index contributed by atoms with van der Waals surface area (Å²) in [5.74, 6) is -0.396. The topological polar surface area (TPSA) is 136 Å². The maximum atomic E-state index is 13.2. The molecule has 0 aliphatic carbocycles. The van der Waals surface area contributed by atoms with Gasteiger partial charge in [0.15, 0.2) is 11.5 Å². The third kappa shape index (κ3) is 4.63. The van der Waals surface area contributed by atoms with Gasteiger partial charge in [0.25, 0.3) is 0 Å². The van der Waals surface area contributed by atoms with E-state index in [2.05, 4.69) is 15.3 Å². The van der Waals surface area contributed by atoms with E-state index < -0.39 is 17.5 Å². The van der Waals surface area contributed by atoms with E-state index in [1.807, 2.05) is 0 Å². The minimum absolute atomic E-state index is 0.0692. The summed E-state index contributed by atoms with van der Waals surface area (Å²) >= 11 is 0. The molecule has 10 nitrogen and oxygen atoms in total. The molecule has 0 spiro atoms. The van der Waals surface area contributed by atoms with Crippen LogP contribution < -0.4 is 25.2 Å². The predicted molar refractivity (Wildman–Crippen MR) is 129 cm³/mol. The maximum Gasteiger partial charge on any atom is 0.343 e. The molecule has 182 valence electrons. The van der Waals surface area contributed by atoms with E-state index in [-0.39, 0.29) is 29.2 Å². The Bertz CT molecular complexity index is 1440. The minimum atomic E-state index is -0.919. The van der Waals surface area contributed by atoms with Gasteiger partial charge in [0.1, 0.15) is 11.5 Å². The molecule has 0 saturated heterocycles. The molecule has 2 aromatic heterocycles. The fraction of sp³-hybridized carbons (Fsp3) is 0.240. The number of H-pyrrole nitrogens is 1. The Morgan fingerprint density at radius 2 is 1.89 bits per heavy atom. The average molecular weight is 479 g/mol. The van der Waals surface area contributed by atoms with Crippen LogP contribution in [-0.2, 0) is 4.79 Å². The fourth-order valence-corrected chi connectivity index (χ4v) is 4.10. The molecule has 2 aromatic carbocycles. The van der Waals surface area contributed by atoms with Gasteiger partial charge in [0.05, 0.1) is 44.3 Å². The lowest BCUT2D eigenvalue weighted by Gasteiger charge is -2.22. The smallest absolute Gasteiger partial charge is 0.343 e. The molecule has 4 aromatic rings. The molecular weight excluding hydrogens is 454 g/mol. The van der Waals surface area contributed by atoms with Gasteiger partial charge in [-0.05, 0) is 31.2 Å². The Labute approximate surface area is 200 Å². The highest BCUT2D eigenvalue weighted by Gasteiger charge is 2.30. The van der Waals surface area contributed by atoms with Gasteiger partial charge in [0, 0.05) is 29.7 Å². The first-order chi connectivity index (χ1) is 16.9. The number of aryl methyl sites for hydroxylation is 1. The maximum absolute atomic E-state index is 13.2. The van der Waals surface area contributed by atoms with Crippen molar-refractivity contribution in [2.75, 3.05) is 26.6 Å². The highest BCUT2D eigenvalue weighted by molar-refractivity contribution is 5.93. The molecule has 1 atom stereocenters. The highest BCUT2D eigenvalue weighted by atomic mass is 16.5. The molecule has 1 amide bonds. The number of ether oxygens (including phenoxy) is 3. The number of benzene rings is 2. The van der Waals surface area contributed by atoms with Gasteiger partial charge >= 0.3 is 5.63 Å². The zero-order valence-corrected chi connectivity index (χ0v) is 19.7. The van der Waals surface area contributed by atoms with Crippen molar-refractivity contribution < 1.29 is 28.5 Å². The van der Waals surface area contributed by atoms with Crippen LogP contribution in [0.5, 0.6) is 23.0 Å². The van der Waals surface area contributed by atoms with Crippen LogP contribution in [0.2, 0.25) is 0 Å². The zero-order valence-electron chi connectivity index (χ0n) is 19.7. The van der Waals surface area contributed by atoms with E-state index in [1.54, 1.807) is 43.6 Å². The Kier molecular flexibility index (Phi) is 6.63. The number of nitrogens with zero attached hydrogens (tertiary/aromatic N) is 1. The number of hydrogen-bond donors (Lipinski definition) is 3. The fourth-order valence-electron chi connectivity index (χ4n) is 4.10. The van der Waals surface area contributed by atoms with Crippen LogP contribution in [0.25, 0.3) is 11.0 Å². The monoisotopic (exact) mass is 479 g/mol. The lowest BCUT2D eigenvalue weighted by molar-refractivity contribution is -0.116. The van der Waals surface area contributed by atoms with E-state index >= 15 is 0 Å². The third-order valence-electron chi connectivity index (χ3n) is 5.64. The normalized spacial score (nSPS) is 11.8. The first kappa shape index (κ1) is 23.7. The van der Waals surface area contributed by atoms with Crippen LogP contribution in [0.3, 0.4) is 0 Å². The van der Waals surface area contributed by atoms with Crippen molar-refractivity contribution in [2.24, 2.45) is 0 Å². The first-order valence-corrected chi connectivity index (χ1v) is 10.7. The van der Waals surface area contributed by atoms with Gasteiger partial charge in [0.2, 0.25) is 11.7 Å². The van der Waals surface area contributed by atoms with Crippen molar-refractivity contribution >= 4 is 22.6 Å². The average Bonchev–Trinajstić information content (AvgIpc) is 3.29. The van der Waals surface area contributed by atoms with E-state index in [1.165, 1.54) is 27.4 Å². The Hall–Kier alpha value is -4.47. The van der Waals surface area contributed by atoms with E-state index in [0.717, 1.165) is 11.0 Å². The summed E-state index contributed by atoms with van der Waals surface area (Å²) in [6.45, 7) is 1.55. The van der Waals surface area contributed by atoms with E-state index in [0.29, 0.717) is 22.7 Å². The van der Waals surface area contributed by atoms with Gasteiger partial charge in [-0.3, -0.25) is 4.79 Å². The number of aromatic hydroxyl groups is 1. The van der Waals surface area contributed by atoms with E-state index in [9.17, 15) is 14.7 Å². The highest BCUT2D eigenvalue weighted by Crippen LogP contribution is 2.46. The number of nitrogens with one attached hydrogen (secondary N) is 2. The number of methoxy groups -OCH3 is 3. The Morgan fingerprint density at radius 1 is 1.11 bits per heavy atom. The van der Waals surface area contributed by atoms with Crippen LogP contribution in [-0.4, -0.2) is 42.3 Å². The quantitative estimate of drug-likeness (QED) is 0.348. The summed E-state index contributed by atoms with van der Waals surface area (Å²) in [6, 6.07) is 9.89. The predicted octanol–water partition coefficient (Wildman–Crippen LogP) is 3.72. The Morgan fingerprint density at radius 3 is 2.57 bits per heavy atom. The molecule has 0 saturated carbocycles. The number of anilines is 1. The summed E-state index contributed by atoms with van der Waals surface area (Å²) in [5.41, 5.74) is 1.69. The number of fused-ring (bicyclic) bond motifs is 1. The second kappa shape index (κ2) is 9.80. The number of amides is 1. The van der Waals surface area contributed by atoms with Crippen LogP contribution >= 0.6 is 0 Å². The summed E-state index contributed by atoms with van der Waals surface area (Å²) in [5, 5.41) is 13.5. The Balaban J connectivity index is 1.78. The number of rotatable bonds is 8. The van der Waals surface area contributed by atoms with Crippen LogP contribution in [0.4, 0.5) is 5.69 Å². The molecule has 0 aliphatic rings. The minimum Gasteiger partial charge on any atom is -0.507 e. The van der Waals surface area contributed by atoms with Crippen molar-refractivity contribution in [3.63, 3.8) is 0 Å². The van der Waals surface area contributed by atoms with Crippen LogP contribution in [0.1, 0.15) is 29.2 Å². The number of imidazole rings is 1. The largest absolute Gasteiger partial charge is 0.507 e. The number of carbonyl (C=O) groups is 1. The number of aromatic amines is 1. The van der Waals surface area contributed by atoms with E-state index in [4.69, 9.17) is 18.6 Å². The molecule has 0 radical (unpaired) electrons. The summed E-state index contributed by atoms with van der Waals surface area (Å²) in [6.07, 6.45) is 1.36. The van der Waals surface area contributed by atoms with Gasteiger partial charge in [-0.1, -0.05) is 6.07 Å². The zero-order chi connectivity index (χ0) is 25.1. The van der Waals surface area contributed by atoms with Gasteiger partial charge in [-0.2, -0.15) is 0 Å². The molecule has 4 rings (SSSR count). The SMILES string of the molecule is COc1ccc([C@@H](CC(=O)Nc2ccc3nc[nH]c3c2)c2c(O)cc(C)oc2=O)c(OC)c1OC. The number of aromatic nitrogens is 2. The standard InChI is InChI=1S/C25H25N3O7/c1-13-9-19(29)22(25(31)35-13)16(15-6-8-20(32-2)24(34-4)23(15)33-3)11-21(30)28-14-5-7-17-18(10-14)27-12-26-17/h5-10,12,16,29H,11H2,1-4H3,(H,26,27)(H,28,30)/t16-/m1/s1. The summed E-state index contributed by atoms with van der Waals surface area (Å²) in [7, 11) is 4.38. The van der Waals surface area contributed by atoms with Gasteiger partial charge < -0.3 is 34.0 Å². The molecule has 0 aliphatic heterocycles. The van der Waals surface area contributed by atoms with Crippen LogP contribution in [0, 0.1) is 6.92 Å². The molecule has 0 fully saturated rings. The second-order valence-corrected chi connectivity index (χ2v) is 7.81. The summed E-state index contributed by atoms with van der Waals surface area (Å²) in [4.78, 5) is 33.2. The molecule has 35 heavy (non-hydrogen) atoms. The third-order valence-corrected chi connectivity index (χ3v) is 5.64. The van der Waals surface area contributed by atoms with Crippen molar-refractivity contribution in [1.82, 2.24) is 9.97 Å². The number of hydrogen-bond acceptors (Lipinski definition) is 8. The molecule has 0 bridgehead atoms. The van der Waals surface area contributed by atoms with Crippen LogP contribution in [0.15, 0.2) is 51.9 Å². The molecule has 10 heteroatoms. The molecule has 3 N–H and O–H groups in total. The molecule has 2 heterocycles. The lowest BCUT2D eigenvalue weighted by Crippen LogP contribution is -2.21. The molecular formula is C25H25N3O7.